The molecule has 0 saturated carbocycles. The second kappa shape index (κ2) is 6.42. The molecular formula is C17H23N3. The van der Waals surface area contributed by atoms with Gasteiger partial charge >= 0.3 is 0 Å². The minimum absolute atomic E-state index is 0.624. The van der Waals surface area contributed by atoms with Crippen LogP contribution in [0.4, 0.5) is 11.5 Å². The average molecular weight is 269 g/mol. The van der Waals surface area contributed by atoms with Gasteiger partial charge in [0.25, 0.3) is 0 Å². The van der Waals surface area contributed by atoms with Crippen molar-refractivity contribution < 1.29 is 0 Å². The molecule has 1 atom stereocenters. The fourth-order valence-corrected chi connectivity index (χ4v) is 2.06. The van der Waals surface area contributed by atoms with Gasteiger partial charge in [-0.05, 0) is 42.0 Å². The molecule has 1 heterocycles. The largest absolute Gasteiger partial charge is 0.397 e. The van der Waals surface area contributed by atoms with Gasteiger partial charge in [0.15, 0.2) is 0 Å². The highest BCUT2D eigenvalue weighted by molar-refractivity contribution is 5.51. The zero-order chi connectivity index (χ0) is 14.5. The number of nitrogen functional groups attached to an aromatic ring is 1. The third kappa shape index (κ3) is 3.50. The Bertz CT molecular complexity index is 561. The molecule has 0 fully saturated rings. The third-order valence-electron chi connectivity index (χ3n) is 3.79. The van der Waals surface area contributed by atoms with Gasteiger partial charge in [-0.1, -0.05) is 38.1 Å². The third-order valence-corrected chi connectivity index (χ3v) is 3.79. The maximum Gasteiger partial charge on any atom is 0.126 e. The van der Waals surface area contributed by atoms with Gasteiger partial charge in [-0.3, -0.25) is 0 Å². The average Bonchev–Trinajstić information content (AvgIpc) is 2.48. The molecule has 3 N–H and O–H groups in total. The number of hydrogen-bond donors (Lipinski definition) is 2. The van der Waals surface area contributed by atoms with Crippen molar-refractivity contribution in [2.45, 2.75) is 39.7 Å². The predicted octanol–water partition coefficient (Wildman–Crippen LogP) is 4.10. The highest BCUT2D eigenvalue weighted by atomic mass is 15.0. The fourth-order valence-electron chi connectivity index (χ4n) is 2.06. The summed E-state index contributed by atoms with van der Waals surface area (Å²) in [4.78, 5) is 4.28. The maximum absolute atomic E-state index is 5.76. The predicted molar refractivity (Wildman–Crippen MR) is 85.9 cm³/mol. The SMILES string of the molecule is CCC(C)c1ccc(CNc2cc(C)c(N)cn2)cc1. The summed E-state index contributed by atoms with van der Waals surface area (Å²) in [5, 5.41) is 3.32. The molecule has 0 amide bonds. The molecular weight excluding hydrogens is 246 g/mol. The molecule has 0 saturated heterocycles. The van der Waals surface area contributed by atoms with Crippen LogP contribution >= 0.6 is 0 Å². The van der Waals surface area contributed by atoms with Gasteiger partial charge in [0, 0.05) is 6.54 Å². The molecule has 0 spiro atoms. The minimum Gasteiger partial charge on any atom is -0.397 e. The summed E-state index contributed by atoms with van der Waals surface area (Å²) in [6.45, 7) is 7.24. The van der Waals surface area contributed by atoms with E-state index >= 15 is 0 Å². The standard InChI is InChI=1S/C17H23N3/c1-4-12(2)15-7-5-14(6-8-15)10-19-17-9-13(3)16(18)11-20-17/h5-9,11-12H,4,10,18H2,1-3H3,(H,19,20). The van der Waals surface area contributed by atoms with E-state index in [9.17, 15) is 0 Å². The van der Waals surface area contributed by atoms with Crippen molar-refractivity contribution in [3.8, 4) is 0 Å². The Balaban J connectivity index is 1.98. The molecule has 0 aliphatic carbocycles. The van der Waals surface area contributed by atoms with E-state index in [1.165, 1.54) is 17.5 Å². The summed E-state index contributed by atoms with van der Waals surface area (Å²) in [6, 6.07) is 10.8. The molecule has 3 heteroatoms. The Hall–Kier alpha value is -2.03. The van der Waals surface area contributed by atoms with Crippen LogP contribution in [0.2, 0.25) is 0 Å². The molecule has 106 valence electrons. The molecule has 2 rings (SSSR count). The van der Waals surface area contributed by atoms with Crippen LogP contribution < -0.4 is 11.1 Å². The van der Waals surface area contributed by atoms with E-state index in [0.29, 0.717) is 5.92 Å². The first-order chi connectivity index (χ1) is 9.60. The first-order valence-corrected chi connectivity index (χ1v) is 7.15. The Labute approximate surface area is 121 Å². The van der Waals surface area contributed by atoms with Crippen molar-refractivity contribution in [3.05, 3.63) is 53.2 Å². The van der Waals surface area contributed by atoms with E-state index in [1.54, 1.807) is 6.20 Å². The molecule has 20 heavy (non-hydrogen) atoms. The molecule has 3 nitrogen and oxygen atoms in total. The summed E-state index contributed by atoms with van der Waals surface area (Å²) in [6.07, 6.45) is 2.87. The monoisotopic (exact) mass is 269 g/mol. The van der Waals surface area contributed by atoms with Crippen LogP contribution in [0.3, 0.4) is 0 Å². The fraction of sp³-hybridized carbons (Fsp3) is 0.353. The van der Waals surface area contributed by atoms with Crippen LogP contribution in [-0.4, -0.2) is 4.98 Å². The van der Waals surface area contributed by atoms with Crippen LogP contribution in [0.15, 0.2) is 36.5 Å². The van der Waals surface area contributed by atoms with Gasteiger partial charge in [-0.2, -0.15) is 0 Å². The second-order valence-corrected chi connectivity index (χ2v) is 5.33. The van der Waals surface area contributed by atoms with Crippen LogP contribution in [-0.2, 0) is 6.54 Å². The lowest BCUT2D eigenvalue weighted by molar-refractivity contribution is 0.733. The summed E-state index contributed by atoms with van der Waals surface area (Å²) < 4.78 is 0. The molecule has 0 aliphatic rings. The van der Waals surface area contributed by atoms with Crippen LogP contribution in [0.1, 0.15) is 42.9 Å². The first kappa shape index (κ1) is 14.4. The van der Waals surface area contributed by atoms with Crippen molar-refractivity contribution in [2.75, 3.05) is 11.1 Å². The summed E-state index contributed by atoms with van der Waals surface area (Å²) in [5.74, 6) is 1.49. The van der Waals surface area contributed by atoms with Gasteiger partial charge < -0.3 is 11.1 Å². The van der Waals surface area contributed by atoms with Crippen molar-refractivity contribution in [1.29, 1.82) is 0 Å². The lowest BCUT2D eigenvalue weighted by Gasteiger charge is -2.11. The Morgan fingerprint density at radius 1 is 1.25 bits per heavy atom. The molecule has 0 radical (unpaired) electrons. The summed E-state index contributed by atoms with van der Waals surface area (Å²) >= 11 is 0. The molecule has 1 aromatic heterocycles. The zero-order valence-corrected chi connectivity index (χ0v) is 12.5. The Morgan fingerprint density at radius 2 is 1.95 bits per heavy atom. The van der Waals surface area contributed by atoms with Crippen molar-refractivity contribution in [1.82, 2.24) is 4.98 Å². The lowest BCUT2D eigenvalue weighted by atomic mass is 9.98. The molecule has 1 aromatic carbocycles. The molecule has 0 bridgehead atoms. The van der Waals surface area contributed by atoms with Gasteiger partial charge in [-0.15, -0.1) is 0 Å². The van der Waals surface area contributed by atoms with Crippen LogP contribution in [0, 0.1) is 6.92 Å². The second-order valence-electron chi connectivity index (χ2n) is 5.33. The van der Waals surface area contributed by atoms with E-state index in [1.807, 2.05) is 13.0 Å². The highest BCUT2D eigenvalue weighted by Crippen LogP contribution is 2.19. The normalized spacial score (nSPS) is 12.2. The number of benzene rings is 1. The maximum atomic E-state index is 5.76. The number of rotatable bonds is 5. The highest BCUT2D eigenvalue weighted by Gasteiger charge is 2.03. The van der Waals surface area contributed by atoms with Gasteiger partial charge in [-0.25, -0.2) is 4.98 Å². The van der Waals surface area contributed by atoms with Crippen molar-refractivity contribution in [3.63, 3.8) is 0 Å². The van der Waals surface area contributed by atoms with Gasteiger partial charge in [0.05, 0.1) is 11.9 Å². The Kier molecular flexibility index (Phi) is 4.61. The quantitative estimate of drug-likeness (QED) is 0.859. The van der Waals surface area contributed by atoms with Crippen molar-refractivity contribution in [2.24, 2.45) is 0 Å². The smallest absolute Gasteiger partial charge is 0.126 e. The van der Waals surface area contributed by atoms with Gasteiger partial charge in [0.1, 0.15) is 5.82 Å². The van der Waals surface area contributed by atoms with Crippen LogP contribution in [0.5, 0.6) is 0 Å². The molecule has 1 unspecified atom stereocenters. The number of anilines is 2. The Morgan fingerprint density at radius 3 is 2.55 bits per heavy atom. The van der Waals surface area contributed by atoms with E-state index in [4.69, 9.17) is 5.73 Å². The van der Waals surface area contributed by atoms with Gasteiger partial charge in [0.2, 0.25) is 0 Å². The van der Waals surface area contributed by atoms with E-state index in [2.05, 4.69) is 48.4 Å². The number of aryl methyl sites for hydroxylation is 1. The topological polar surface area (TPSA) is 50.9 Å². The lowest BCUT2D eigenvalue weighted by Crippen LogP contribution is -2.03. The van der Waals surface area contributed by atoms with Crippen LogP contribution in [0.25, 0.3) is 0 Å². The van der Waals surface area contributed by atoms with E-state index < -0.39 is 0 Å². The minimum atomic E-state index is 0.624. The summed E-state index contributed by atoms with van der Waals surface area (Å²) in [7, 11) is 0. The first-order valence-electron chi connectivity index (χ1n) is 7.15. The number of nitrogens with zero attached hydrogens (tertiary/aromatic N) is 1. The molecule has 2 aromatic rings. The number of aromatic nitrogens is 1. The number of nitrogens with one attached hydrogen (secondary N) is 1. The van der Waals surface area contributed by atoms with E-state index in [0.717, 1.165) is 23.6 Å². The molecule has 0 aliphatic heterocycles. The summed E-state index contributed by atoms with van der Waals surface area (Å²) in [5.41, 5.74) is 10.2. The number of pyridine rings is 1. The zero-order valence-electron chi connectivity index (χ0n) is 12.5. The number of nitrogens with two attached hydrogens (primary N) is 1. The van der Waals surface area contributed by atoms with E-state index in [-0.39, 0.29) is 0 Å². The number of hydrogen-bond acceptors (Lipinski definition) is 3. The van der Waals surface area contributed by atoms with Crippen molar-refractivity contribution >= 4 is 11.5 Å².